The summed E-state index contributed by atoms with van der Waals surface area (Å²) in [6.07, 6.45) is -1.07. The minimum atomic E-state index is -1.11. The average molecular weight is 431 g/mol. The maximum absolute atomic E-state index is 12.8. The van der Waals surface area contributed by atoms with Gasteiger partial charge >= 0.3 is 12.1 Å². The lowest BCUT2D eigenvalue weighted by molar-refractivity contribution is -0.138. The van der Waals surface area contributed by atoms with Gasteiger partial charge in [-0.1, -0.05) is 66.7 Å². The number of ether oxygens (including phenoxy) is 2. The molecule has 1 atom stereocenters. The van der Waals surface area contributed by atoms with Gasteiger partial charge in [-0.05, 0) is 41.3 Å². The van der Waals surface area contributed by atoms with Gasteiger partial charge in [0.15, 0.2) is 0 Å². The Morgan fingerprint density at radius 2 is 1.47 bits per heavy atom. The number of rotatable bonds is 8. The van der Waals surface area contributed by atoms with E-state index >= 15 is 0 Å². The molecule has 0 heterocycles. The Labute approximate surface area is 187 Å². The summed E-state index contributed by atoms with van der Waals surface area (Å²) in [6.45, 7) is 1.56. The molecule has 3 aromatic rings. The van der Waals surface area contributed by atoms with E-state index in [9.17, 15) is 14.7 Å². The maximum Gasteiger partial charge on any atom is 0.410 e. The number of fused-ring (bicyclic) bond motifs is 3. The molecule has 6 nitrogen and oxygen atoms in total. The van der Waals surface area contributed by atoms with Crippen molar-refractivity contribution in [3.63, 3.8) is 0 Å². The van der Waals surface area contributed by atoms with Crippen LogP contribution in [0.3, 0.4) is 0 Å². The first-order valence-electron chi connectivity index (χ1n) is 10.6. The largest absolute Gasteiger partial charge is 0.489 e. The van der Waals surface area contributed by atoms with Gasteiger partial charge < -0.3 is 14.6 Å². The van der Waals surface area contributed by atoms with Gasteiger partial charge in [0.05, 0.1) is 6.54 Å². The number of nitrogens with zero attached hydrogens (tertiary/aromatic N) is 1. The molecule has 6 heteroatoms. The molecule has 0 saturated carbocycles. The summed E-state index contributed by atoms with van der Waals surface area (Å²) in [6, 6.07) is 25.3. The second-order valence-electron chi connectivity index (χ2n) is 7.82. The first kappa shape index (κ1) is 21.4. The Morgan fingerprint density at radius 3 is 2.06 bits per heavy atom. The SMILES string of the molecule is C[C@H](CN(CC(=O)O)C(=O)OCC1c2ccccc2-c2ccccc21)Oc1ccccc1. The predicted octanol–water partition coefficient (Wildman–Crippen LogP) is 4.79. The van der Waals surface area contributed by atoms with Gasteiger partial charge in [-0.15, -0.1) is 0 Å². The number of aliphatic carboxylic acids is 1. The standard InChI is InChI=1S/C26H25NO5/c1-18(32-19-9-3-2-4-10-19)15-27(16-25(28)29)26(30)31-17-24-22-13-7-5-11-20(22)21-12-6-8-14-23(21)24/h2-14,18,24H,15-17H2,1H3,(H,28,29)/t18-/m1/s1. The van der Waals surface area contributed by atoms with Crippen LogP contribution in [-0.2, 0) is 9.53 Å². The number of hydrogen-bond donors (Lipinski definition) is 1. The van der Waals surface area contributed by atoms with Crippen molar-refractivity contribution in [2.24, 2.45) is 0 Å². The van der Waals surface area contributed by atoms with Gasteiger partial charge in [-0.25, -0.2) is 4.79 Å². The summed E-state index contributed by atoms with van der Waals surface area (Å²) in [5.74, 6) is -0.538. The second-order valence-corrected chi connectivity index (χ2v) is 7.82. The molecule has 0 spiro atoms. The normalized spacial score (nSPS) is 13.0. The number of hydrogen-bond acceptors (Lipinski definition) is 4. The minimum absolute atomic E-state index is 0.0870. The Hall–Kier alpha value is -3.80. The van der Waals surface area contributed by atoms with Crippen LogP contribution in [0.15, 0.2) is 78.9 Å². The summed E-state index contributed by atoms with van der Waals surface area (Å²) in [5, 5.41) is 9.29. The lowest BCUT2D eigenvalue weighted by Crippen LogP contribution is -2.42. The van der Waals surface area contributed by atoms with Crippen LogP contribution in [-0.4, -0.2) is 47.9 Å². The zero-order chi connectivity index (χ0) is 22.5. The van der Waals surface area contributed by atoms with E-state index in [1.807, 2.05) is 66.7 Å². The van der Waals surface area contributed by atoms with E-state index in [0.29, 0.717) is 5.75 Å². The van der Waals surface area contributed by atoms with Gasteiger partial charge in [0.25, 0.3) is 0 Å². The van der Waals surface area contributed by atoms with Crippen molar-refractivity contribution in [2.75, 3.05) is 19.7 Å². The van der Waals surface area contributed by atoms with Gasteiger partial charge in [0, 0.05) is 5.92 Å². The summed E-state index contributed by atoms with van der Waals surface area (Å²) >= 11 is 0. The van der Waals surface area contributed by atoms with Crippen molar-refractivity contribution >= 4 is 12.1 Å². The zero-order valence-electron chi connectivity index (χ0n) is 17.8. The molecule has 0 saturated heterocycles. The fourth-order valence-electron chi connectivity index (χ4n) is 4.13. The molecular formula is C26H25NO5. The molecule has 0 fully saturated rings. The average Bonchev–Trinajstić information content (AvgIpc) is 3.11. The molecule has 0 radical (unpaired) electrons. The Kier molecular flexibility index (Phi) is 6.40. The molecular weight excluding hydrogens is 406 g/mol. The molecule has 0 aliphatic heterocycles. The lowest BCUT2D eigenvalue weighted by Gasteiger charge is -2.25. The molecule has 0 bridgehead atoms. The van der Waals surface area contributed by atoms with Crippen molar-refractivity contribution in [3.05, 3.63) is 90.0 Å². The first-order valence-corrected chi connectivity index (χ1v) is 10.6. The number of amides is 1. The van der Waals surface area contributed by atoms with E-state index in [1.54, 1.807) is 6.92 Å². The number of carboxylic acid groups (broad SMARTS) is 1. The number of para-hydroxylation sites is 1. The summed E-state index contributed by atoms with van der Waals surface area (Å²) in [7, 11) is 0. The highest BCUT2D eigenvalue weighted by Crippen LogP contribution is 2.44. The fourth-order valence-corrected chi connectivity index (χ4v) is 4.13. The highest BCUT2D eigenvalue weighted by molar-refractivity contribution is 5.79. The molecule has 4 rings (SSSR count). The second kappa shape index (κ2) is 9.56. The minimum Gasteiger partial charge on any atom is -0.489 e. The van der Waals surface area contributed by atoms with Crippen LogP contribution in [0.5, 0.6) is 5.75 Å². The van der Waals surface area contributed by atoms with Crippen molar-refractivity contribution in [1.29, 1.82) is 0 Å². The van der Waals surface area contributed by atoms with Crippen LogP contribution < -0.4 is 4.74 Å². The predicted molar refractivity (Wildman–Crippen MR) is 121 cm³/mol. The van der Waals surface area contributed by atoms with E-state index in [-0.39, 0.29) is 19.1 Å². The molecule has 32 heavy (non-hydrogen) atoms. The van der Waals surface area contributed by atoms with Crippen LogP contribution in [0, 0.1) is 0 Å². The number of carbonyl (C=O) groups is 2. The number of carbonyl (C=O) groups excluding carboxylic acids is 1. The summed E-state index contributed by atoms with van der Waals surface area (Å²) in [4.78, 5) is 25.4. The third kappa shape index (κ3) is 4.75. The van der Waals surface area contributed by atoms with Crippen molar-refractivity contribution in [1.82, 2.24) is 4.90 Å². The first-order chi connectivity index (χ1) is 15.5. The molecule has 0 unspecified atom stereocenters. The van der Waals surface area contributed by atoms with Crippen LogP contribution >= 0.6 is 0 Å². The van der Waals surface area contributed by atoms with E-state index in [1.165, 1.54) is 4.90 Å². The molecule has 1 aliphatic rings. The van der Waals surface area contributed by atoms with Crippen LogP contribution in [0.4, 0.5) is 4.79 Å². The number of benzene rings is 3. The van der Waals surface area contributed by atoms with E-state index in [4.69, 9.17) is 9.47 Å². The molecule has 1 amide bonds. The lowest BCUT2D eigenvalue weighted by atomic mass is 9.98. The van der Waals surface area contributed by atoms with Crippen molar-refractivity contribution in [2.45, 2.75) is 18.9 Å². The van der Waals surface area contributed by atoms with Crippen LogP contribution in [0.1, 0.15) is 24.0 Å². The quantitative estimate of drug-likeness (QED) is 0.555. The Balaban J connectivity index is 1.44. The van der Waals surface area contributed by atoms with E-state index in [2.05, 4.69) is 12.1 Å². The van der Waals surface area contributed by atoms with Crippen LogP contribution in [0.2, 0.25) is 0 Å². The summed E-state index contributed by atoms with van der Waals surface area (Å²) in [5.41, 5.74) is 4.48. The topological polar surface area (TPSA) is 76.1 Å². The number of carboxylic acids is 1. The fraction of sp³-hybridized carbons (Fsp3) is 0.231. The van der Waals surface area contributed by atoms with Crippen molar-refractivity contribution in [3.8, 4) is 16.9 Å². The van der Waals surface area contributed by atoms with Crippen LogP contribution in [0.25, 0.3) is 11.1 Å². The molecule has 0 aromatic heterocycles. The molecule has 1 N–H and O–H groups in total. The third-order valence-corrected chi connectivity index (χ3v) is 5.48. The highest BCUT2D eigenvalue weighted by Gasteiger charge is 2.30. The zero-order valence-corrected chi connectivity index (χ0v) is 17.8. The Morgan fingerprint density at radius 1 is 0.906 bits per heavy atom. The van der Waals surface area contributed by atoms with Gasteiger partial charge in [-0.2, -0.15) is 0 Å². The van der Waals surface area contributed by atoms with E-state index < -0.39 is 24.7 Å². The third-order valence-electron chi connectivity index (χ3n) is 5.48. The van der Waals surface area contributed by atoms with Gasteiger partial charge in [0.1, 0.15) is 25.0 Å². The molecule has 1 aliphatic carbocycles. The molecule has 164 valence electrons. The molecule has 3 aromatic carbocycles. The monoisotopic (exact) mass is 431 g/mol. The highest BCUT2D eigenvalue weighted by atomic mass is 16.6. The maximum atomic E-state index is 12.8. The smallest absolute Gasteiger partial charge is 0.410 e. The van der Waals surface area contributed by atoms with Crippen molar-refractivity contribution < 1.29 is 24.2 Å². The summed E-state index contributed by atoms with van der Waals surface area (Å²) < 4.78 is 11.4. The van der Waals surface area contributed by atoms with E-state index in [0.717, 1.165) is 22.3 Å². The Bertz CT molecular complexity index is 1050. The van der Waals surface area contributed by atoms with Gasteiger partial charge in [-0.3, -0.25) is 9.69 Å². The van der Waals surface area contributed by atoms with Gasteiger partial charge in [0.2, 0.25) is 0 Å².